The molecular weight excluding hydrogens is 256 g/mol. The Morgan fingerprint density at radius 1 is 0.947 bits per heavy atom. The van der Waals surface area contributed by atoms with Gasteiger partial charge in [-0.25, -0.2) is 8.78 Å². The molecular formula is C13H19F2NO3. The predicted octanol–water partition coefficient (Wildman–Crippen LogP) is 2.06. The number of ether oxygens (including phenoxy) is 3. The molecule has 0 saturated heterocycles. The highest BCUT2D eigenvalue weighted by Gasteiger charge is 2.01. The van der Waals surface area contributed by atoms with Crippen molar-refractivity contribution in [2.24, 2.45) is 0 Å². The van der Waals surface area contributed by atoms with Gasteiger partial charge >= 0.3 is 0 Å². The van der Waals surface area contributed by atoms with Gasteiger partial charge in [0.2, 0.25) is 0 Å². The van der Waals surface area contributed by atoms with E-state index in [1.165, 1.54) is 6.07 Å². The molecule has 0 fully saturated rings. The van der Waals surface area contributed by atoms with Crippen LogP contribution in [0.2, 0.25) is 0 Å². The zero-order chi connectivity index (χ0) is 13.9. The van der Waals surface area contributed by atoms with Crippen molar-refractivity contribution in [1.29, 1.82) is 0 Å². The quantitative estimate of drug-likeness (QED) is 0.663. The van der Waals surface area contributed by atoms with Crippen LogP contribution in [0.1, 0.15) is 0 Å². The summed E-state index contributed by atoms with van der Waals surface area (Å²) in [5.74, 6) is -1.72. The van der Waals surface area contributed by atoms with Crippen molar-refractivity contribution in [2.45, 2.75) is 0 Å². The SMILES string of the molecule is COCCOCCOCCNc1ccc(F)c(F)c1. The molecule has 0 amide bonds. The van der Waals surface area contributed by atoms with E-state index in [2.05, 4.69) is 5.32 Å². The molecule has 0 bridgehead atoms. The van der Waals surface area contributed by atoms with Crippen LogP contribution in [0.5, 0.6) is 0 Å². The van der Waals surface area contributed by atoms with E-state index in [9.17, 15) is 8.78 Å². The lowest BCUT2D eigenvalue weighted by Gasteiger charge is -2.08. The number of hydrogen-bond acceptors (Lipinski definition) is 4. The van der Waals surface area contributed by atoms with Gasteiger partial charge in [-0.05, 0) is 12.1 Å². The molecule has 0 radical (unpaired) electrons. The van der Waals surface area contributed by atoms with E-state index < -0.39 is 11.6 Å². The highest BCUT2D eigenvalue weighted by Crippen LogP contribution is 2.12. The molecule has 0 heterocycles. The summed E-state index contributed by atoms with van der Waals surface area (Å²) in [6, 6.07) is 3.68. The number of nitrogens with one attached hydrogen (secondary N) is 1. The van der Waals surface area contributed by atoms with E-state index in [-0.39, 0.29) is 0 Å². The summed E-state index contributed by atoms with van der Waals surface area (Å²) >= 11 is 0. The minimum absolute atomic E-state index is 0.465. The molecule has 6 heteroatoms. The van der Waals surface area contributed by atoms with Crippen molar-refractivity contribution < 1.29 is 23.0 Å². The second-order valence-electron chi connectivity index (χ2n) is 3.77. The third-order valence-corrected chi connectivity index (χ3v) is 2.30. The summed E-state index contributed by atoms with van der Waals surface area (Å²) in [7, 11) is 1.61. The summed E-state index contributed by atoms with van der Waals surface area (Å²) in [5, 5.41) is 2.93. The van der Waals surface area contributed by atoms with Gasteiger partial charge in [-0.1, -0.05) is 0 Å². The number of hydrogen-bond donors (Lipinski definition) is 1. The van der Waals surface area contributed by atoms with Gasteiger partial charge in [-0.15, -0.1) is 0 Å². The van der Waals surface area contributed by atoms with Crippen molar-refractivity contribution in [3.63, 3.8) is 0 Å². The van der Waals surface area contributed by atoms with Crippen LogP contribution in [-0.4, -0.2) is 46.7 Å². The summed E-state index contributed by atoms with van der Waals surface area (Å²) in [6.07, 6.45) is 0. The molecule has 0 aromatic heterocycles. The van der Waals surface area contributed by atoms with Crippen LogP contribution in [-0.2, 0) is 14.2 Å². The van der Waals surface area contributed by atoms with Gasteiger partial charge < -0.3 is 19.5 Å². The first kappa shape index (κ1) is 15.8. The summed E-state index contributed by atoms with van der Waals surface area (Å²) in [5.41, 5.74) is 0.527. The predicted molar refractivity (Wildman–Crippen MR) is 68.4 cm³/mol. The zero-order valence-corrected chi connectivity index (χ0v) is 11.0. The number of anilines is 1. The highest BCUT2D eigenvalue weighted by molar-refractivity contribution is 5.43. The topological polar surface area (TPSA) is 39.7 Å². The van der Waals surface area contributed by atoms with Gasteiger partial charge in [0.25, 0.3) is 0 Å². The van der Waals surface area contributed by atoms with E-state index >= 15 is 0 Å². The Hall–Kier alpha value is -1.24. The smallest absolute Gasteiger partial charge is 0.160 e. The fourth-order valence-electron chi connectivity index (χ4n) is 1.34. The van der Waals surface area contributed by atoms with Crippen molar-refractivity contribution >= 4 is 5.69 Å². The van der Waals surface area contributed by atoms with Gasteiger partial charge in [0.05, 0.1) is 33.0 Å². The maximum Gasteiger partial charge on any atom is 0.160 e. The Morgan fingerprint density at radius 2 is 1.63 bits per heavy atom. The second-order valence-corrected chi connectivity index (χ2v) is 3.77. The lowest BCUT2D eigenvalue weighted by molar-refractivity contribution is 0.0272. The molecule has 0 aliphatic heterocycles. The number of halogens is 2. The van der Waals surface area contributed by atoms with Gasteiger partial charge in [-0.2, -0.15) is 0 Å². The standard InChI is InChI=1S/C13H19F2NO3/c1-17-6-7-19-9-8-18-5-4-16-11-2-3-12(14)13(15)10-11/h2-3,10,16H,4-9H2,1H3. The summed E-state index contributed by atoms with van der Waals surface area (Å²) < 4.78 is 40.9. The first-order chi connectivity index (χ1) is 9.24. The van der Waals surface area contributed by atoms with Crippen molar-refractivity contribution in [1.82, 2.24) is 0 Å². The van der Waals surface area contributed by atoms with Gasteiger partial charge in [0.1, 0.15) is 0 Å². The fourth-order valence-corrected chi connectivity index (χ4v) is 1.34. The maximum atomic E-state index is 12.9. The highest BCUT2D eigenvalue weighted by atomic mass is 19.2. The monoisotopic (exact) mass is 275 g/mol. The maximum absolute atomic E-state index is 12.9. The van der Waals surface area contributed by atoms with E-state index in [0.29, 0.717) is 45.3 Å². The van der Waals surface area contributed by atoms with Crippen LogP contribution < -0.4 is 5.32 Å². The van der Waals surface area contributed by atoms with Crippen LogP contribution in [0.15, 0.2) is 18.2 Å². The molecule has 0 unspecified atom stereocenters. The molecule has 4 nitrogen and oxygen atoms in total. The second kappa shape index (κ2) is 9.66. The Labute approximate surface area is 111 Å². The van der Waals surface area contributed by atoms with Gasteiger partial charge in [-0.3, -0.25) is 0 Å². The number of methoxy groups -OCH3 is 1. The first-order valence-electron chi connectivity index (χ1n) is 6.07. The third kappa shape index (κ3) is 7.05. The van der Waals surface area contributed by atoms with Crippen LogP contribution >= 0.6 is 0 Å². The lowest BCUT2D eigenvalue weighted by atomic mass is 10.3. The van der Waals surface area contributed by atoms with Crippen molar-refractivity contribution in [3.8, 4) is 0 Å². The number of benzene rings is 1. The van der Waals surface area contributed by atoms with Crippen LogP contribution in [0.3, 0.4) is 0 Å². The van der Waals surface area contributed by atoms with E-state index in [1.807, 2.05) is 0 Å². The molecule has 108 valence electrons. The van der Waals surface area contributed by atoms with Gasteiger partial charge in [0, 0.05) is 25.4 Å². The average molecular weight is 275 g/mol. The Kier molecular flexibility index (Phi) is 8.04. The molecule has 19 heavy (non-hydrogen) atoms. The molecule has 0 saturated carbocycles. The van der Waals surface area contributed by atoms with Gasteiger partial charge in [0.15, 0.2) is 11.6 Å². The van der Waals surface area contributed by atoms with Crippen LogP contribution in [0.4, 0.5) is 14.5 Å². The van der Waals surface area contributed by atoms with E-state index in [0.717, 1.165) is 12.1 Å². The van der Waals surface area contributed by atoms with Crippen LogP contribution in [0, 0.1) is 11.6 Å². The number of rotatable bonds is 10. The molecule has 1 rings (SSSR count). The summed E-state index contributed by atoms with van der Waals surface area (Å²) in [4.78, 5) is 0. The van der Waals surface area contributed by atoms with E-state index in [1.54, 1.807) is 7.11 Å². The summed E-state index contributed by atoms with van der Waals surface area (Å²) in [6.45, 7) is 3.10. The Morgan fingerprint density at radius 3 is 2.32 bits per heavy atom. The largest absolute Gasteiger partial charge is 0.383 e. The fraction of sp³-hybridized carbons (Fsp3) is 0.538. The normalized spacial score (nSPS) is 10.7. The zero-order valence-electron chi connectivity index (χ0n) is 11.0. The molecule has 1 aromatic rings. The molecule has 0 atom stereocenters. The Bertz CT molecular complexity index is 364. The average Bonchev–Trinajstić information content (AvgIpc) is 2.41. The lowest BCUT2D eigenvalue weighted by Crippen LogP contribution is -2.13. The first-order valence-corrected chi connectivity index (χ1v) is 6.07. The molecule has 0 aliphatic carbocycles. The van der Waals surface area contributed by atoms with Crippen molar-refractivity contribution in [2.75, 3.05) is 52.0 Å². The van der Waals surface area contributed by atoms with Crippen molar-refractivity contribution in [3.05, 3.63) is 29.8 Å². The molecule has 0 aliphatic rings. The molecule has 1 N–H and O–H groups in total. The van der Waals surface area contributed by atoms with E-state index in [4.69, 9.17) is 14.2 Å². The minimum Gasteiger partial charge on any atom is -0.383 e. The minimum atomic E-state index is -0.863. The Balaban J connectivity index is 2.00. The van der Waals surface area contributed by atoms with Crippen LogP contribution in [0.25, 0.3) is 0 Å². The molecule has 1 aromatic carbocycles. The third-order valence-electron chi connectivity index (χ3n) is 2.30. The molecule has 0 spiro atoms.